The minimum absolute atomic E-state index is 0.113. The second-order valence-electron chi connectivity index (χ2n) is 3.79. The Kier molecular flexibility index (Phi) is 2.85. The van der Waals surface area contributed by atoms with Gasteiger partial charge in [0.1, 0.15) is 5.69 Å². The van der Waals surface area contributed by atoms with Crippen molar-refractivity contribution in [3.05, 3.63) is 45.4 Å². The van der Waals surface area contributed by atoms with Crippen LogP contribution in [0.5, 0.6) is 0 Å². The summed E-state index contributed by atoms with van der Waals surface area (Å²) in [6.07, 6.45) is 1.55. The number of thiophene rings is 1. The summed E-state index contributed by atoms with van der Waals surface area (Å²) in [4.78, 5) is 23.7. The molecule has 0 aromatic carbocycles. The third kappa shape index (κ3) is 2.01. The highest BCUT2D eigenvalue weighted by molar-refractivity contribution is 7.12. The maximum atomic E-state index is 12.1. The van der Waals surface area contributed by atoms with Crippen LogP contribution >= 0.6 is 11.3 Å². The van der Waals surface area contributed by atoms with Crippen molar-refractivity contribution >= 4 is 23.1 Å². The molecule has 1 N–H and O–H groups in total. The number of carbonyl (C=O) groups is 2. The summed E-state index contributed by atoms with van der Waals surface area (Å²) in [7, 11) is 1.61. The molecule has 0 aliphatic carbocycles. The van der Waals surface area contributed by atoms with Crippen molar-refractivity contribution in [1.82, 2.24) is 4.57 Å². The Bertz CT molecular complexity index is 595. The van der Waals surface area contributed by atoms with Crippen molar-refractivity contribution < 1.29 is 14.7 Å². The molecule has 0 saturated carbocycles. The molecule has 2 aromatic rings. The average Bonchev–Trinajstić information content (AvgIpc) is 2.83. The van der Waals surface area contributed by atoms with Crippen molar-refractivity contribution in [1.29, 1.82) is 0 Å². The molecule has 0 aliphatic rings. The van der Waals surface area contributed by atoms with E-state index in [9.17, 15) is 9.59 Å². The molecule has 4 nitrogen and oxygen atoms in total. The number of aromatic nitrogens is 1. The van der Waals surface area contributed by atoms with Gasteiger partial charge in [0.05, 0.1) is 4.88 Å². The summed E-state index contributed by atoms with van der Waals surface area (Å²) < 4.78 is 1.44. The molecule has 0 saturated heterocycles. The number of aryl methyl sites for hydroxylation is 2. The van der Waals surface area contributed by atoms with Gasteiger partial charge in [0, 0.05) is 18.8 Å². The van der Waals surface area contributed by atoms with Gasteiger partial charge in [-0.05, 0) is 30.0 Å². The Labute approximate surface area is 102 Å². The largest absolute Gasteiger partial charge is 0.477 e. The molecular weight excluding hydrogens is 238 g/mol. The van der Waals surface area contributed by atoms with Crippen LogP contribution in [0.3, 0.4) is 0 Å². The van der Waals surface area contributed by atoms with Crippen molar-refractivity contribution in [2.75, 3.05) is 0 Å². The highest BCUT2D eigenvalue weighted by Crippen LogP contribution is 2.21. The van der Waals surface area contributed by atoms with Crippen LogP contribution in [-0.2, 0) is 7.05 Å². The van der Waals surface area contributed by atoms with Gasteiger partial charge in [-0.3, -0.25) is 4.79 Å². The Hall–Kier alpha value is -1.88. The lowest BCUT2D eigenvalue weighted by Gasteiger charge is -1.95. The predicted molar refractivity (Wildman–Crippen MR) is 64.9 cm³/mol. The van der Waals surface area contributed by atoms with Gasteiger partial charge in [-0.25, -0.2) is 4.79 Å². The average molecular weight is 249 g/mol. The Morgan fingerprint density at radius 3 is 2.59 bits per heavy atom. The minimum atomic E-state index is -1.03. The minimum Gasteiger partial charge on any atom is -0.477 e. The molecular formula is C12H11NO3S. The zero-order chi connectivity index (χ0) is 12.6. The second kappa shape index (κ2) is 4.18. The molecule has 5 heteroatoms. The molecule has 0 bridgehead atoms. The summed E-state index contributed by atoms with van der Waals surface area (Å²) in [5.41, 5.74) is 1.44. The van der Waals surface area contributed by atoms with E-state index in [0.29, 0.717) is 10.4 Å². The molecule has 17 heavy (non-hydrogen) atoms. The SMILES string of the molecule is Cc1ccsc1C(=O)c1cc(C(=O)O)n(C)c1. The molecule has 0 amide bonds. The zero-order valence-corrected chi connectivity index (χ0v) is 10.2. The van der Waals surface area contributed by atoms with E-state index in [4.69, 9.17) is 5.11 Å². The van der Waals surface area contributed by atoms with Gasteiger partial charge in [-0.15, -0.1) is 11.3 Å². The predicted octanol–water partition coefficient (Wildman–Crippen LogP) is 2.32. The van der Waals surface area contributed by atoms with Crippen LogP contribution in [0, 0.1) is 6.92 Å². The molecule has 0 atom stereocenters. The molecule has 0 unspecified atom stereocenters. The van der Waals surface area contributed by atoms with Crippen LogP contribution in [0.15, 0.2) is 23.7 Å². The maximum absolute atomic E-state index is 12.1. The lowest BCUT2D eigenvalue weighted by Crippen LogP contribution is -2.02. The van der Waals surface area contributed by atoms with Gasteiger partial charge in [-0.2, -0.15) is 0 Å². The standard InChI is InChI=1S/C12H11NO3S/c1-7-3-4-17-11(7)10(14)8-5-9(12(15)16)13(2)6-8/h3-6H,1-2H3,(H,15,16). The normalized spacial score (nSPS) is 10.5. The van der Waals surface area contributed by atoms with Crippen LogP contribution in [0.4, 0.5) is 0 Å². The fourth-order valence-electron chi connectivity index (χ4n) is 1.64. The molecule has 2 aromatic heterocycles. The lowest BCUT2D eigenvalue weighted by molar-refractivity contribution is 0.0686. The molecule has 0 radical (unpaired) electrons. The number of nitrogens with zero attached hydrogens (tertiary/aromatic N) is 1. The summed E-state index contributed by atoms with van der Waals surface area (Å²) in [6.45, 7) is 1.87. The van der Waals surface area contributed by atoms with E-state index in [0.717, 1.165) is 5.56 Å². The number of rotatable bonds is 3. The van der Waals surface area contributed by atoms with E-state index in [2.05, 4.69) is 0 Å². The molecule has 0 aliphatic heterocycles. The number of carbonyl (C=O) groups excluding carboxylic acids is 1. The van der Waals surface area contributed by atoms with Gasteiger partial charge < -0.3 is 9.67 Å². The smallest absolute Gasteiger partial charge is 0.352 e. The maximum Gasteiger partial charge on any atom is 0.352 e. The third-order valence-electron chi connectivity index (χ3n) is 2.55. The van der Waals surface area contributed by atoms with Crippen LogP contribution in [0.1, 0.15) is 31.3 Å². The van der Waals surface area contributed by atoms with E-state index >= 15 is 0 Å². The summed E-state index contributed by atoms with van der Waals surface area (Å²) in [5.74, 6) is -1.16. The fourth-order valence-corrected chi connectivity index (χ4v) is 2.52. The van der Waals surface area contributed by atoms with Crippen molar-refractivity contribution in [3.8, 4) is 0 Å². The number of carboxylic acids is 1. The lowest BCUT2D eigenvalue weighted by atomic mass is 10.1. The van der Waals surface area contributed by atoms with E-state index < -0.39 is 5.97 Å². The van der Waals surface area contributed by atoms with Crippen LogP contribution < -0.4 is 0 Å². The first-order valence-electron chi connectivity index (χ1n) is 4.99. The van der Waals surface area contributed by atoms with Crippen molar-refractivity contribution in [3.63, 3.8) is 0 Å². The topological polar surface area (TPSA) is 59.3 Å². The van der Waals surface area contributed by atoms with Crippen molar-refractivity contribution in [2.45, 2.75) is 6.92 Å². The van der Waals surface area contributed by atoms with Gasteiger partial charge in [0.25, 0.3) is 0 Å². The first kappa shape index (κ1) is 11.6. The highest BCUT2D eigenvalue weighted by Gasteiger charge is 2.18. The molecule has 0 fully saturated rings. The first-order valence-corrected chi connectivity index (χ1v) is 5.87. The summed E-state index contributed by atoms with van der Waals surface area (Å²) >= 11 is 1.37. The van der Waals surface area contributed by atoms with E-state index in [1.54, 1.807) is 13.2 Å². The van der Waals surface area contributed by atoms with E-state index in [-0.39, 0.29) is 11.5 Å². The monoisotopic (exact) mass is 249 g/mol. The van der Waals surface area contributed by atoms with Crippen LogP contribution in [0.2, 0.25) is 0 Å². The van der Waals surface area contributed by atoms with Crippen molar-refractivity contribution in [2.24, 2.45) is 7.05 Å². The van der Waals surface area contributed by atoms with Gasteiger partial charge in [0.15, 0.2) is 0 Å². The van der Waals surface area contributed by atoms with E-state index in [1.165, 1.54) is 22.0 Å². The summed E-state index contributed by atoms with van der Waals surface area (Å²) in [5, 5.41) is 10.8. The number of ketones is 1. The third-order valence-corrected chi connectivity index (χ3v) is 3.57. The summed E-state index contributed by atoms with van der Waals surface area (Å²) in [6, 6.07) is 3.28. The number of carboxylic acid groups (broad SMARTS) is 1. The second-order valence-corrected chi connectivity index (χ2v) is 4.71. The Balaban J connectivity index is 2.42. The number of hydrogen-bond donors (Lipinski definition) is 1. The van der Waals surface area contributed by atoms with Gasteiger partial charge in [-0.1, -0.05) is 0 Å². The molecule has 2 rings (SSSR count). The Morgan fingerprint density at radius 2 is 2.12 bits per heavy atom. The Morgan fingerprint density at radius 1 is 1.41 bits per heavy atom. The number of hydrogen-bond acceptors (Lipinski definition) is 3. The van der Waals surface area contributed by atoms with Gasteiger partial charge in [0.2, 0.25) is 5.78 Å². The highest BCUT2D eigenvalue weighted by atomic mass is 32.1. The first-order chi connectivity index (χ1) is 8.00. The molecule has 2 heterocycles. The number of aromatic carboxylic acids is 1. The van der Waals surface area contributed by atoms with Crippen LogP contribution in [-0.4, -0.2) is 21.4 Å². The van der Waals surface area contributed by atoms with Gasteiger partial charge >= 0.3 is 5.97 Å². The fraction of sp³-hybridized carbons (Fsp3) is 0.167. The molecule has 0 spiro atoms. The van der Waals surface area contributed by atoms with Crippen LogP contribution in [0.25, 0.3) is 0 Å². The van der Waals surface area contributed by atoms with E-state index in [1.807, 2.05) is 18.4 Å². The quantitative estimate of drug-likeness (QED) is 0.849. The molecule has 88 valence electrons. The zero-order valence-electron chi connectivity index (χ0n) is 9.43.